The first-order valence-corrected chi connectivity index (χ1v) is 16.5. The molecule has 0 aromatic heterocycles. The van der Waals surface area contributed by atoms with Crippen LogP contribution in [0.15, 0.2) is 72.8 Å². The maximum absolute atomic E-state index is 12.6. The van der Waals surface area contributed by atoms with Crippen LogP contribution >= 0.6 is 34.8 Å². The number of hydrogen-bond acceptors (Lipinski definition) is 5. The number of hydrogen-bond donors (Lipinski definition) is 1. The second-order valence-corrected chi connectivity index (χ2v) is 18.1. The number of allylic oxidation sites excluding steroid dienone is 1. The summed E-state index contributed by atoms with van der Waals surface area (Å²) in [4.78, 5) is 12.6. The Kier molecular flexibility index (Phi) is 11.2. The van der Waals surface area contributed by atoms with Gasteiger partial charge in [-0.25, -0.2) is 4.79 Å². The molecule has 0 aliphatic carbocycles. The van der Waals surface area contributed by atoms with Crippen molar-refractivity contribution in [3.63, 3.8) is 0 Å². The summed E-state index contributed by atoms with van der Waals surface area (Å²) < 4.78 is 23.3. The minimum atomic E-state index is -2.83. The molecule has 0 radical (unpaired) electrons. The van der Waals surface area contributed by atoms with Crippen molar-refractivity contribution in [3.05, 3.63) is 72.8 Å². The van der Waals surface area contributed by atoms with E-state index in [0.29, 0.717) is 0 Å². The maximum Gasteiger partial charge on any atom is 0.407 e. The molecule has 1 N–H and O–H groups in total. The molecular formula is C30H40Cl3NO5Si. The third-order valence-corrected chi connectivity index (χ3v) is 12.0. The van der Waals surface area contributed by atoms with Gasteiger partial charge in [0.2, 0.25) is 3.79 Å². The number of ether oxygens (including phenoxy) is 3. The first-order chi connectivity index (χ1) is 18.7. The molecule has 10 heteroatoms. The molecule has 1 fully saturated rings. The molecular weight excluding hydrogens is 589 g/mol. The van der Waals surface area contributed by atoms with Crippen molar-refractivity contribution in [2.45, 2.75) is 80.8 Å². The Morgan fingerprint density at radius 2 is 1.57 bits per heavy atom. The lowest BCUT2D eigenvalue weighted by atomic mass is 10.1. The molecule has 3 atom stereocenters. The summed E-state index contributed by atoms with van der Waals surface area (Å²) in [6.07, 6.45) is 2.82. The van der Waals surface area contributed by atoms with E-state index in [1.54, 1.807) is 0 Å². The van der Waals surface area contributed by atoms with E-state index in [-0.39, 0.29) is 18.3 Å². The first-order valence-electron chi connectivity index (χ1n) is 13.5. The smallest absolute Gasteiger partial charge is 0.407 e. The molecule has 1 aliphatic rings. The van der Waals surface area contributed by atoms with Gasteiger partial charge in [-0.2, -0.15) is 0 Å². The third-order valence-electron chi connectivity index (χ3n) is 6.69. The van der Waals surface area contributed by atoms with Crippen molar-refractivity contribution in [2.75, 3.05) is 13.2 Å². The van der Waals surface area contributed by atoms with Gasteiger partial charge in [0.1, 0.15) is 18.8 Å². The van der Waals surface area contributed by atoms with Gasteiger partial charge >= 0.3 is 6.09 Å². The topological polar surface area (TPSA) is 66.0 Å². The van der Waals surface area contributed by atoms with Gasteiger partial charge in [0.15, 0.2) is 5.79 Å². The minimum absolute atomic E-state index is 0.207. The summed E-state index contributed by atoms with van der Waals surface area (Å²) in [6.45, 7) is 12.2. The Morgan fingerprint density at radius 1 is 1.02 bits per heavy atom. The average Bonchev–Trinajstić information content (AvgIpc) is 3.20. The van der Waals surface area contributed by atoms with E-state index < -0.39 is 42.2 Å². The van der Waals surface area contributed by atoms with E-state index >= 15 is 0 Å². The predicted octanol–water partition coefficient (Wildman–Crippen LogP) is 6.51. The van der Waals surface area contributed by atoms with Gasteiger partial charge in [0.05, 0.1) is 12.6 Å². The van der Waals surface area contributed by atoms with Crippen molar-refractivity contribution >= 4 is 59.6 Å². The molecule has 1 heterocycles. The van der Waals surface area contributed by atoms with Gasteiger partial charge in [-0.15, -0.1) is 0 Å². The summed E-state index contributed by atoms with van der Waals surface area (Å²) in [5, 5.41) is 4.98. The van der Waals surface area contributed by atoms with Crippen LogP contribution in [-0.2, 0) is 18.6 Å². The Morgan fingerprint density at radius 3 is 2.05 bits per heavy atom. The molecule has 0 bridgehead atoms. The fraction of sp³-hybridized carbons (Fsp3) is 0.500. The number of amides is 1. The molecule has 2 aromatic rings. The molecule has 220 valence electrons. The molecule has 1 amide bonds. The highest BCUT2D eigenvalue weighted by atomic mass is 35.6. The second-order valence-electron chi connectivity index (χ2n) is 11.3. The second kappa shape index (κ2) is 13.6. The average molecular weight is 629 g/mol. The van der Waals surface area contributed by atoms with Crippen LogP contribution in [0.4, 0.5) is 4.79 Å². The van der Waals surface area contributed by atoms with Crippen molar-refractivity contribution < 1.29 is 23.4 Å². The van der Waals surface area contributed by atoms with Gasteiger partial charge in [-0.3, -0.25) is 0 Å². The van der Waals surface area contributed by atoms with Crippen molar-refractivity contribution in [3.8, 4) is 0 Å². The number of carbonyl (C=O) groups excluding carboxylic acids is 1. The zero-order chi connectivity index (χ0) is 29.6. The SMILES string of the molecule is CC/C=C\[C@H](NC(=O)OCC(Cl)(Cl)Cl)[C@H]1OC(C)(C)O[C@@H]1CO[Si](c1ccccc1)(c1ccccc1)C(C)(C)C. The molecule has 6 nitrogen and oxygen atoms in total. The largest absolute Gasteiger partial charge is 0.445 e. The van der Waals surface area contributed by atoms with Crippen molar-refractivity contribution in [1.29, 1.82) is 0 Å². The predicted molar refractivity (Wildman–Crippen MR) is 165 cm³/mol. The van der Waals surface area contributed by atoms with E-state index in [0.717, 1.165) is 6.42 Å². The molecule has 2 aromatic carbocycles. The van der Waals surface area contributed by atoms with Crippen LogP contribution in [0.25, 0.3) is 0 Å². The Hall–Kier alpha value is -1.58. The van der Waals surface area contributed by atoms with Crippen molar-refractivity contribution in [1.82, 2.24) is 5.32 Å². The summed E-state index contributed by atoms with van der Waals surface area (Å²) >= 11 is 17.3. The molecule has 3 rings (SSSR count). The van der Waals surface area contributed by atoms with Crippen LogP contribution in [0.3, 0.4) is 0 Å². The summed E-state index contributed by atoms with van der Waals surface area (Å²) in [5.74, 6) is -0.897. The van der Waals surface area contributed by atoms with Crippen molar-refractivity contribution in [2.24, 2.45) is 0 Å². The number of alkyl carbamates (subject to hydrolysis) is 1. The highest BCUT2D eigenvalue weighted by molar-refractivity contribution is 6.99. The molecule has 40 heavy (non-hydrogen) atoms. The van der Waals surface area contributed by atoms with E-state index in [9.17, 15) is 4.79 Å². The van der Waals surface area contributed by atoms with E-state index in [1.807, 2.05) is 45.1 Å². The molecule has 0 saturated carbocycles. The fourth-order valence-corrected chi connectivity index (χ4v) is 9.85. The zero-order valence-electron chi connectivity index (χ0n) is 24.0. The number of benzene rings is 2. The summed E-state index contributed by atoms with van der Waals surface area (Å²) in [6, 6.07) is 20.2. The Balaban J connectivity index is 1.95. The van der Waals surface area contributed by atoms with Crippen LogP contribution in [0.1, 0.15) is 48.0 Å². The number of rotatable bonds is 10. The minimum Gasteiger partial charge on any atom is -0.445 e. The van der Waals surface area contributed by atoms with E-state index in [2.05, 4.69) is 74.6 Å². The number of alkyl halides is 3. The molecule has 1 aliphatic heterocycles. The van der Waals surface area contributed by atoms with Gasteiger partial charge in [-0.05, 0) is 35.7 Å². The molecule has 0 unspecified atom stereocenters. The molecule has 0 spiro atoms. The Bertz CT molecular complexity index is 1080. The standard InChI is InChI=1S/C30H40Cl3NO5Si/c1-7-8-19-24(34-27(35)36-21-30(31,32)33)26-25(38-29(5,6)39-26)20-37-40(28(2,3)4,22-15-11-9-12-16-22)23-17-13-10-14-18-23/h8-19,24-26H,7,20-21H2,1-6H3,(H,34,35)/b19-8-/t24-,25+,26+/m0/s1. The van der Waals surface area contributed by atoms with Crippen LogP contribution in [0.5, 0.6) is 0 Å². The Labute approximate surface area is 254 Å². The van der Waals surface area contributed by atoms with Gasteiger partial charge in [0, 0.05) is 0 Å². The summed E-state index contributed by atoms with van der Waals surface area (Å²) in [5.41, 5.74) is 0. The third kappa shape index (κ3) is 8.47. The number of nitrogens with one attached hydrogen (secondary N) is 1. The number of halogens is 3. The van der Waals surface area contributed by atoms with Gasteiger partial charge in [-0.1, -0.05) is 135 Å². The maximum atomic E-state index is 12.6. The highest BCUT2D eigenvalue weighted by Crippen LogP contribution is 2.38. The lowest BCUT2D eigenvalue weighted by molar-refractivity contribution is -0.149. The monoisotopic (exact) mass is 627 g/mol. The normalized spacial score (nSPS) is 20.4. The number of carbonyl (C=O) groups is 1. The first kappa shape index (κ1) is 32.9. The lowest BCUT2D eigenvalue weighted by Crippen LogP contribution is -2.67. The molecule has 1 saturated heterocycles. The van der Waals surface area contributed by atoms with Gasteiger partial charge < -0.3 is 24.0 Å². The quantitative estimate of drug-likeness (QED) is 0.185. The van der Waals surface area contributed by atoms with Crippen LogP contribution in [-0.4, -0.2) is 55.5 Å². The van der Waals surface area contributed by atoms with Gasteiger partial charge in [0.25, 0.3) is 8.32 Å². The summed E-state index contributed by atoms with van der Waals surface area (Å²) in [7, 11) is -2.83. The van der Waals surface area contributed by atoms with E-state index in [1.165, 1.54) is 10.4 Å². The zero-order valence-corrected chi connectivity index (χ0v) is 27.2. The highest BCUT2D eigenvalue weighted by Gasteiger charge is 2.52. The van der Waals surface area contributed by atoms with Crippen LogP contribution < -0.4 is 15.7 Å². The fourth-order valence-electron chi connectivity index (χ4n) is 5.11. The van der Waals surface area contributed by atoms with E-state index in [4.69, 9.17) is 53.4 Å². The lowest BCUT2D eigenvalue weighted by Gasteiger charge is -2.43. The van der Waals surface area contributed by atoms with Crippen LogP contribution in [0, 0.1) is 0 Å². The van der Waals surface area contributed by atoms with Crippen LogP contribution in [0.2, 0.25) is 5.04 Å².